The molecule has 1 aromatic heterocycles. The minimum absolute atomic E-state index is 0.0591. The second-order valence-corrected chi connectivity index (χ2v) is 5.86. The highest BCUT2D eigenvalue weighted by Crippen LogP contribution is 2.20. The molecule has 26 heavy (non-hydrogen) atoms. The molecule has 0 bridgehead atoms. The number of carbonyl (C=O) groups is 2. The van der Waals surface area contributed by atoms with Crippen molar-refractivity contribution in [2.45, 2.75) is 26.5 Å². The highest BCUT2D eigenvalue weighted by atomic mass is 16.5. The second-order valence-electron chi connectivity index (χ2n) is 5.86. The van der Waals surface area contributed by atoms with Crippen molar-refractivity contribution in [1.82, 2.24) is 10.5 Å². The summed E-state index contributed by atoms with van der Waals surface area (Å²) in [6.45, 7) is 3.70. The first-order chi connectivity index (χ1) is 12.4. The zero-order chi connectivity index (χ0) is 19.1. The van der Waals surface area contributed by atoms with Gasteiger partial charge in [0, 0.05) is 12.1 Å². The molecule has 1 heterocycles. The Labute approximate surface area is 151 Å². The highest BCUT2D eigenvalue weighted by Gasteiger charge is 2.26. The van der Waals surface area contributed by atoms with Gasteiger partial charge in [-0.25, -0.2) is 4.79 Å². The van der Waals surface area contributed by atoms with Crippen LogP contribution in [-0.4, -0.2) is 37.3 Å². The molecule has 0 radical (unpaired) electrons. The summed E-state index contributed by atoms with van der Waals surface area (Å²) in [5.41, 5.74) is 0.0591. The Balaban J connectivity index is 1.97. The number of nitrogens with one attached hydrogen (secondary N) is 1. The molecular weight excluding hydrogens is 340 g/mol. The van der Waals surface area contributed by atoms with E-state index in [4.69, 9.17) is 18.7 Å². The van der Waals surface area contributed by atoms with E-state index in [1.807, 2.05) is 0 Å². The first-order valence-corrected chi connectivity index (χ1v) is 8.05. The first kappa shape index (κ1) is 19.3. The van der Waals surface area contributed by atoms with Gasteiger partial charge in [-0.3, -0.25) is 4.79 Å². The Morgan fingerprint density at radius 2 is 1.92 bits per heavy atom. The lowest BCUT2D eigenvalue weighted by molar-refractivity contribution is -0.144. The van der Waals surface area contributed by atoms with Crippen molar-refractivity contribution in [3.05, 3.63) is 41.8 Å². The quantitative estimate of drug-likeness (QED) is 0.719. The molecule has 2 rings (SSSR count). The molecule has 0 spiro atoms. The predicted octanol–water partition coefficient (Wildman–Crippen LogP) is 2.19. The molecule has 2 aromatic rings. The Kier molecular flexibility index (Phi) is 6.60. The van der Waals surface area contributed by atoms with Crippen LogP contribution < -0.4 is 14.8 Å². The monoisotopic (exact) mass is 362 g/mol. The van der Waals surface area contributed by atoms with Gasteiger partial charge in [0.05, 0.1) is 14.2 Å². The minimum atomic E-state index is -0.763. The largest absolute Gasteiger partial charge is 0.497 e. The molecule has 0 aliphatic carbocycles. The van der Waals surface area contributed by atoms with E-state index >= 15 is 0 Å². The smallest absolute Gasteiger partial charge is 0.328 e. The third-order valence-corrected chi connectivity index (χ3v) is 3.62. The molecule has 0 fully saturated rings. The fourth-order valence-electron chi connectivity index (χ4n) is 2.17. The summed E-state index contributed by atoms with van der Waals surface area (Å²) in [5.74, 6) is 0.468. The van der Waals surface area contributed by atoms with Crippen molar-refractivity contribution in [3.8, 4) is 11.5 Å². The molecule has 8 heteroatoms. The van der Waals surface area contributed by atoms with Crippen LogP contribution in [-0.2, 0) is 16.1 Å². The number of aromatic nitrogens is 1. The minimum Gasteiger partial charge on any atom is -0.497 e. The number of ether oxygens (including phenoxy) is 3. The zero-order valence-corrected chi connectivity index (χ0v) is 15.1. The van der Waals surface area contributed by atoms with Crippen LogP contribution in [0.5, 0.6) is 11.5 Å². The van der Waals surface area contributed by atoms with Crippen molar-refractivity contribution in [2.75, 3.05) is 14.2 Å². The van der Waals surface area contributed by atoms with E-state index in [-0.39, 0.29) is 18.2 Å². The molecule has 1 aromatic carbocycles. The Morgan fingerprint density at radius 3 is 2.58 bits per heavy atom. The van der Waals surface area contributed by atoms with E-state index in [2.05, 4.69) is 10.5 Å². The maximum Gasteiger partial charge on any atom is 0.328 e. The molecule has 8 nitrogen and oxygen atoms in total. The molecule has 0 saturated carbocycles. The topological polar surface area (TPSA) is 99.9 Å². The fourth-order valence-corrected chi connectivity index (χ4v) is 2.17. The number of carbonyl (C=O) groups excluding carboxylic acids is 2. The maximum atomic E-state index is 12.3. The van der Waals surface area contributed by atoms with Gasteiger partial charge >= 0.3 is 5.97 Å². The molecule has 0 aliphatic heterocycles. The molecule has 140 valence electrons. The van der Waals surface area contributed by atoms with Crippen LogP contribution in [0.25, 0.3) is 0 Å². The SMILES string of the molecule is COC(=O)C(NC(=O)c1cc(COc2cccc(OC)c2)on1)C(C)C. The molecular formula is C18H22N2O6. The van der Waals surface area contributed by atoms with Gasteiger partial charge in [0.1, 0.15) is 24.1 Å². The molecule has 0 saturated heterocycles. The van der Waals surface area contributed by atoms with Gasteiger partial charge in [-0.05, 0) is 18.1 Å². The van der Waals surface area contributed by atoms with Crippen LogP contribution in [0.1, 0.15) is 30.1 Å². The average molecular weight is 362 g/mol. The van der Waals surface area contributed by atoms with Crippen molar-refractivity contribution in [1.29, 1.82) is 0 Å². The van der Waals surface area contributed by atoms with E-state index in [0.29, 0.717) is 17.3 Å². The van der Waals surface area contributed by atoms with Gasteiger partial charge in [0.2, 0.25) is 0 Å². The number of methoxy groups -OCH3 is 2. The van der Waals surface area contributed by atoms with Gasteiger partial charge in [0.25, 0.3) is 5.91 Å². The van der Waals surface area contributed by atoms with Crippen LogP contribution in [0.3, 0.4) is 0 Å². The van der Waals surface area contributed by atoms with Crippen LogP contribution >= 0.6 is 0 Å². The summed E-state index contributed by atoms with van der Waals surface area (Å²) < 4.78 is 20.5. The van der Waals surface area contributed by atoms with E-state index in [9.17, 15) is 9.59 Å². The summed E-state index contributed by atoms with van der Waals surface area (Å²) in [6.07, 6.45) is 0. The molecule has 1 unspecified atom stereocenters. The van der Waals surface area contributed by atoms with E-state index < -0.39 is 17.9 Å². The van der Waals surface area contributed by atoms with Crippen LogP contribution in [0.2, 0.25) is 0 Å². The summed E-state index contributed by atoms with van der Waals surface area (Å²) in [6, 6.07) is 7.80. The Hall–Kier alpha value is -3.03. The lowest BCUT2D eigenvalue weighted by Crippen LogP contribution is -2.45. The van der Waals surface area contributed by atoms with Gasteiger partial charge in [-0.15, -0.1) is 0 Å². The number of hydrogen-bond donors (Lipinski definition) is 1. The van der Waals surface area contributed by atoms with Crippen LogP contribution in [0.15, 0.2) is 34.9 Å². The fraction of sp³-hybridized carbons (Fsp3) is 0.389. The van der Waals surface area contributed by atoms with Gasteiger partial charge in [0.15, 0.2) is 11.5 Å². The van der Waals surface area contributed by atoms with E-state index in [1.165, 1.54) is 13.2 Å². The Morgan fingerprint density at radius 1 is 1.19 bits per heavy atom. The maximum absolute atomic E-state index is 12.3. The average Bonchev–Trinajstić information content (AvgIpc) is 3.12. The standard InChI is InChI=1S/C18H22N2O6/c1-11(2)16(18(22)24-4)19-17(21)15-9-14(26-20-15)10-25-13-7-5-6-12(8-13)23-3/h5-9,11,16H,10H2,1-4H3,(H,19,21). The number of amides is 1. The lowest BCUT2D eigenvalue weighted by atomic mass is 10.0. The highest BCUT2D eigenvalue weighted by molar-refractivity contribution is 5.95. The molecule has 1 atom stereocenters. The third kappa shape index (κ3) is 4.98. The zero-order valence-electron chi connectivity index (χ0n) is 15.1. The molecule has 1 N–H and O–H groups in total. The number of benzene rings is 1. The second kappa shape index (κ2) is 8.89. The third-order valence-electron chi connectivity index (χ3n) is 3.62. The first-order valence-electron chi connectivity index (χ1n) is 8.05. The number of nitrogens with zero attached hydrogens (tertiary/aromatic N) is 1. The van der Waals surface area contributed by atoms with Gasteiger partial charge in [-0.2, -0.15) is 0 Å². The Bertz CT molecular complexity index is 756. The summed E-state index contributed by atoms with van der Waals surface area (Å²) in [4.78, 5) is 24.0. The van der Waals surface area contributed by atoms with Gasteiger partial charge in [-0.1, -0.05) is 25.1 Å². The normalized spacial score (nSPS) is 11.7. The molecule has 1 amide bonds. The summed E-state index contributed by atoms with van der Waals surface area (Å²) in [7, 11) is 2.84. The predicted molar refractivity (Wildman–Crippen MR) is 91.9 cm³/mol. The summed E-state index contributed by atoms with van der Waals surface area (Å²) >= 11 is 0. The number of esters is 1. The number of rotatable bonds is 8. The van der Waals surface area contributed by atoms with Gasteiger partial charge < -0.3 is 24.1 Å². The van der Waals surface area contributed by atoms with Crippen molar-refractivity contribution < 1.29 is 28.3 Å². The lowest BCUT2D eigenvalue weighted by Gasteiger charge is -2.18. The van der Waals surface area contributed by atoms with Crippen molar-refractivity contribution in [3.63, 3.8) is 0 Å². The van der Waals surface area contributed by atoms with Crippen molar-refractivity contribution >= 4 is 11.9 Å². The summed E-state index contributed by atoms with van der Waals surface area (Å²) in [5, 5.41) is 6.31. The van der Waals surface area contributed by atoms with E-state index in [0.717, 1.165) is 0 Å². The molecule has 0 aliphatic rings. The van der Waals surface area contributed by atoms with Crippen LogP contribution in [0.4, 0.5) is 0 Å². The van der Waals surface area contributed by atoms with Crippen LogP contribution in [0, 0.1) is 5.92 Å². The number of hydrogen-bond acceptors (Lipinski definition) is 7. The van der Waals surface area contributed by atoms with Crippen molar-refractivity contribution in [2.24, 2.45) is 5.92 Å². The van der Waals surface area contributed by atoms with E-state index in [1.54, 1.807) is 45.2 Å².